The quantitative estimate of drug-likeness (QED) is 0.892. The lowest BCUT2D eigenvalue weighted by Gasteiger charge is -2.45. The minimum atomic E-state index is -0.183. The van der Waals surface area contributed by atoms with Crippen molar-refractivity contribution in [2.24, 2.45) is 0 Å². The van der Waals surface area contributed by atoms with Crippen LogP contribution in [-0.4, -0.2) is 25.2 Å². The summed E-state index contributed by atoms with van der Waals surface area (Å²) < 4.78 is 19.8. The fraction of sp³-hybridized carbons (Fsp3) is 0.625. The van der Waals surface area contributed by atoms with Crippen LogP contribution in [0.2, 0.25) is 0 Å². The van der Waals surface area contributed by atoms with Crippen LogP contribution in [-0.2, 0) is 0 Å². The van der Waals surface area contributed by atoms with Gasteiger partial charge in [0.25, 0.3) is 0 Å². The summed E-state index contributed by atoms with van der Waals surface area (Å²) in [5.41, 5.74) is 0.893. The normalized spacial score (nSPS) is 24.2. The van der Waals surface area contributed by atoms with Crippen LogP contribution in [0.1, 0.15) is 44.2 Å². The van der Waals surface area contributed by atoms with Crippen LogP contribution in [0.3, 0.4) is 0 Å². The number of ether oxygens (including phenoxy) is 1. The molecule has 0 bridgehead atoms. The van der Waals surface area contributed by atoms with E-state index in [4.69, 9.17) is 4.74 Å². The molecule has 0 aliphatic carbocycles. The Hall–Kier alpha value is -1.13. The molecule has 1 saturated heterocycles. The fourth-order valence-electron chi connectivity index (χ4n) is 3.33. The van der Waals surface area contributed by atoms with Crippen molar-refractivity contribution in [3.8, 4) is 5.75 Å². The maximum atomic E-state index is 13.5. The second-order valence-corrected chi connectivity index (χ2v) is 5.93. The monoisotopic (exact) mass is 278 g/mol. The van der Waals surface area contributed by atoms with E-state index in [1.807, 2.05) is 0 Å². The molecular weight excluding hydrogens is 255 g/mol. The summed E-state index contributed by atoms with van der Waals surface area (Å²) in [6.45, 7) is 5.10. The van der Waals surface area contributed by atoms with Gasteiger partial charge in [-0.15, -0.1) is 0 Å². The van der Waals surface area contributed by atoms with Gasteiger partial charge in [0.15, 0.2) is 0 Å². The molecule has 2 aliphatic heterocycles. The van der Waals surface area contributed by atoms with Gasteiger partial charge in [-0.05, 0) is 57.1 Å². The third kappa shape index (κ3) is 2.67. The molecular formula is C16H23FN2O. The molecule has 1 spiro atoms. The number of halogens is 1. The van der Waals surface area contributed by atoms with Crippen molar-refractivity contribution in [1.29, 1.82) is 0 Å². The highest BCUT2D eigenvalue weighted by molar-refractivity contribution is 5.39. The van der Waals surface area contributed by atoms with E-state index in [-0.39, 0.29) is 17.5 Å². The maximum Gasteiger partial charge on any atom is 0.125 e. The Bertz CT molecular complexity index is 472. The summed E-state index contributed by atoms with van der Waals surface area (Å²) in [6, 6.07) is 5.10. The van der Waals surface area contributed by atoms with E-state index >= 15 is 0 Å². The highest BCUT2D eigenvalue weighted by Crippen LogP contribution is 2.43. The fourth-order valence-corrected chi connectivity index (χ4v) is 3.33. The van der Waals surface area contributed by atoms with Crippen LogP contribution in [0.25, 0.3) is 0 Å². The molecule has 110 valence electrons. The van der Waals surface area contributed by atoms with Gasteiger partial charge in [0.1, 0.15) is 17.2 Å². The number of hydrogen-bond acceptors (Lipinski definition) is 3. The summed E-state index contributed by atoms with van der Waals surface area (Å²) in [7, 11) is 0. The molecule has 2 aliphatic rings. The predicted molar refractivity (Wildman–Crippen MR) is 77.5 cm³/mol. The van der Waals surface area contributed by atoms with E-state index in [1.54, 1.807) is 12.1 Å². The zero-order valence-corrected chi connectivity index (χ0v) is 12.0. The van der Waals surface area contributed by atoms with Gasteiger partial charge in [-0.1, -0.05) is 6.92 Å². The summed E-state index contributed by atoms with van der Waals surface area (Å²) in [5, 5.41) is 6.95. The Morgan fingerprint density at radius 3 is 2.95 bits per heavy atom. The van der Waals surface area contributed by atoms with E-state index in [0.717, 1.165) is 56.6 Å². The van der Waals surface area contributed by atoms with Crippen LogP contribution < -0.4 is 15.4 Å². The summed E-state index contributed by atoms with van der Waals surface area (Å²) >= 11 is 0. The predicted octanol–water partition coefficient (Wildman–Crippen LogP) is 2.77. The lowest BCUT2D eigenvalue weighted by molar-refractivity contribution is 0.00305. The van der Waals surface area contributed by atoms with Crippen LogP contribution in [0.5, 0.6) is 5.75 Å². The van der Waals surface area contributed by atoms with Crippen molar-refractivity contribution in [2.45, 2.75) is 44.2 Å². The average Bonchev–Trinajstić information content (AvgIpc) is 2.46. The highest BCUT2D eigenvalue weighted by atomic mass is 19.1. The van der Waals surface area contributed by atoms with Crippen molar-refractivity contribution in [3.63, 3.8) is 0 Å². The van der Waals surface area contributed by atoms with Crippen LogP contribution in [0, 0.1) is 5.82 Å². The third-order valence-corrected chi connectivity index (χ3v) is 4.41. The minimum Gasteiger partial charge on any atom is -0.487 e. The molecule has 0 saturated carbocycles. The summed E-state index contributed by atoms with van der Waals surface area (Å²) in [6.07, 6.45) is 4.06. The Balaban J connectivity index is 1.90. The Morgan fingerprint density at radius 1 is 1.40 bits per heavy atom. The highest BCUT2D eigenvalue weighted by Gasteiger charge is 2.41. The molecule has 1 aromatic carbocycles. The van der Waals surface area contributed by atoms with Crippen molar-refractivity contribution in [3.05, 3.63) is 29.6 Å². The molecule has 0 radical (unpaired) electrons. The first-order valence-corrected chi connectivity index (χ1v) is 7.65. The second kappa shape index (κ2) is 5.70. The zero-order chi connectivity index (χ0) is 14.0. The topological polar surface area (TPSA) is 33.3 Å². The molecule has 2 N–H and O–H groups in total. The number of nitrogens with one attached hydrogen (secondary N) is 2. The van der Waals surface area contributed by atoms with Crippen LogP contribution in [0.15, 0.2) is 18.2 Å². The molecule has 3 nitrogen and oxygen atoms in total. The van der Waals surface area contributed by atoms with E-state index < -0.39 is 0 Å². The van der Waals surface area contributed by atoms with E-state index in [2.05, 4.69) is 17.6 Å². The molecule has 2 heterocycles. The van der Waals surface area contributed by atoms with Gasteiger partial charge in [0.05, 0.1) is 0 Å². The smallest absolute Gasteiger partial charge is 0.125 e. The van der Waals surface area contributed by atoms with Gasteiger partial charge in [0, 0.05) is 18.0 Å². The first-order chi connectivity index (χ1) is 9.72. The molecule has 0 amide bonds. The lowest BCUT2D eigenvalue weighted by atomic mass is 9.81. The summed E-state index contributed by atoms with van der Waals surface area (Å²) in [4.78, 5) is 0. The maximum absolute atomic E-state index is 13.5. The molecule has 3 rings (SSSR count). The van der Waals surface area contributed by atoms with Crippen molar-refractivity contribution < 1.29 is 9.13 Å². The average molecular weight is 278 g/mol. The van der Waals surface area contributed by atoms with Gasteiger partial charge in [0.2, 0.25) is 0 Å². The Labute approximate surface area is 119 Å². The number of benzene rings is 1. The first-order valence-electron chi connectivity index (χ1n) is 7.65. The minimum absolute atomic E-state index is 0.0819. The molecule has 1 atom stereocenters. The van der Waals surface area contributed by atoms with Crippen molar-refractivity contribution >= 4 is 0 Å². The lowest BCUT2D eigenvalue weighted by Crippen LogP contribution is -2.50. The molecule has 0 aromatic heterocycles. The second-order valence-electron chi connectivity index (χ2n) is 5.93. The van der Waals surface area contributed by atoms with Gasteiger partial charge in [-0.2, -0.15) is 0 Å². The number of piperidine rings is 1. The van der Waals surface area contributed by atoms with Gasteiger partial charge >= 0.3 is 0 Å². The number of hydrogen-bond donors (Lipinski definition) is 2. The molecule has 1 aromatic rings. The van der Waals surface area contributed by atoms with Gasteiger partial charge in [-0.3, -0.25) is 0 Å². The standard InChI is InChI=1S/C16H23FN2O/c1-2-7-19-14-11-16(5-8-18-9-6-16)20-15-4-3-12(17)10-13(14)15/h3-4,10,14,18-19H,2,5-9,11H2,1H3. The SMILES string of the molecule is CCCNC1CC2(CCNCC2)Oc2ccc(F)cc21. The number of fused-ring (bicyclic) bond motifs is 1. The largest absolute Gasteiger partial charge is 0.487 e. The first kappa shape index (κ1) is 13.8. The zero-order valence-electron chi connectivity index (χ0n) is 12.0. The molecule has 1 unspecified atom stereocenters. The molecule has 20 heavy (non-hydrogen) atoms. The van der Waals surface area contributed by atoms with Crippen LogP contribution in [0.4, 0.5) is 4.39 Å². The van der Waals surface area contributed by atoms with Crippen LogP contribution >= 0.6 is 0 Å². The van der Waals surface area contributed by atoms with E-state index in [1.165, 1.54) is 6.07 Å². The number of rotatable bonds is 3. The van der Waals surface area contributed by atoms with Crippen molar-refractivity contribution in [2.75, 3.05) is 19.6 Å². The third-order valence-electron chi connectivity index (χ3n) is 4.41. The van der Waals surface area contributed by atoms with Gasteiger partial charge < -0.3 is 15.4 Å². The van der Waals surface area contributed by atoms with E-state index in [0.29, 0.717) is 0 Å². The Kier molecular flexibility index (Phi) is 3.94. The van der Waals surface area contributed by atoms with Gasteiger partial charge in [-0.25, -0.2) is 4.39 Å². The Morgan fingerprint density at radius 2 is 2.20 bits per heavy atom. The van der Waals surface area contributed by atoms with E-state index in [9.17, 15) is 4.39 Å². The van der Waals surface area contributed by atoms with Crippen molar-refractivity contribution in [1.82, 2.24) is 10.6 Å². The summed E-state index contributed by atoms with van der Waals surface area (Å²) in [5.74, 6) is 0.671. The molecule has 1 fully saturated rings. The molecule has 4 heteroatoms.